The first-order valence-corrected chi connectivity index (χ1v) is 6.37. The van der Waals surface area contributed by atoms with Crippen LogP contribution in [0.3, 0.4) is 0 Å². The van der Waals surface area contributed by atoms with E-state index >= 15 is 0 Å². The van der Waals surface area contributed by atoms with E-state index in [-0.39, 0.29) is 0 Å². The SMILES string of the molecule is CCCN1CCN(c2ncc(C#N)cc2N)CC1. The summed E-state index contributed by atoms with van der Waals surface area (Å²) >= 11 is 0. The minimum Gasteiger partial charge on any atom is -0.396 e. The molecule has 2 heterocycles. The van der Waals surface area contributed by atoms with Crippen LogP contribution in [0.25, 0.3) is 0 Å². The molecule has 2 rings (SSSR count). The third-order valence-corrected chi connectivity index (χ3v) is 3.24. The molecule has 0 amide bonds. The van der Waals surface area contributed by atoms with Crippen molar-refractivity contribution in [3.63, 3.8) is 0 Å². The smallest absolute Gasteiger partial charge is 0.151 e. The average Bonchev–Trinajstić information content (AvgIpc) is 2.40. The van der Waals surface area contributed by atoms with Gasteiger partial charge in [0.15, 0.2) is 5.82 Å². The van der Waals surface area contributed by atoms with Crippen LogP contribution in [0.2, 0.25) is 0 Å². The zero-order valence-corrected chi connectivity index (χ0v) is 10.8. The molecule has 18 heavy (non-hydrogen) atoms. The van der Waals surface area contributed by atoms with Gasteiger partial charge >= 0.3 is 0 Å². The van der Waals surface area contributed by atoms with Crippen molar-refractivity contribution in [1.29, 1.82) is 5.26 Å². The Kier molecular flexibility index (Phi) is 4.00. The lowest BCUT2D eigenvalue weighted by Gasteiger charge is -2.35. The van der Waals surface area contributed by atoms with E-state index in [1.165, 1.54) is 6.42 Å². The second-order valence-electron chi connectivity index (χ2n) is 4.58. The second kappa shape index (κ2) is 5.69. The number of hydrogen-bond acceptors (Lipinski definition) is 5. The van der Waals surface area contributed by atoms with E-state index in [0.29, 0.717) is 11.3 Å². The molecule has 2 N–H and O–H groups in total. The molecule has 0 bridgehead atoms. The molecule has 0 aliphatic carbocycles. The Balaban J connectivity index is 2.04. The summed E-state index contributed by atoms with van der Waals surface area (Å²) in [7, 11) is 0. The molecule has 1 aliphatic rings. The first kappa shape index (κ1) is 12.7. The van der Waals surface area contributed by atoms with Gasteiger partial charge in [-0.3, -0.25) is 4.90 Å². The third-order valence-electron chi connectivity index (χ3n) is 3.24. The Morgan fingerprint density at radius 3 is 2.67 bits per heavy atom. The number of nitrogens with two attached hydrogens (primary N) is 1. The first-order valence-electron chi connectivity index (χ1n) is 6.37. The van der Waals surface area contributed by atoms with Crippen molar-refractivity contribution < 1.29 is 0 Å². The number of piperazine rings is 1. The number of pyridine rings is 1. The summed E-state index contributed by atoms with van der Waals surface area (Å²) in [6.45, 7) is 7.35. The molecule has 1 aromatic rings. The number of nitriles is 1. The van der Waals surface area contributed by atoms with Crippen LogP contribution in [0.1, 0.15) is 18.9 Å². The van der Waals surface area contributed by atoms with Gasteiger partial charge in [-0.2, -0.15) is 5.26 Å². The zero-order valence-electron chi connectivity index (χ0n) is 10.8. The normalized spacial score (nSPS) is 16.6. The van der Waals surface area contributed by atoms with Crippen LogP contribution in [0.4, 0.5) is 11.5 Å². The Hall–Kier alpha value is -1.80. The van der Waals surface area contributed by atoms with Gasteiger partial charge in [0.1, 0.15) is 6.07 Å². The zero-order chi connectivity index (χ0) is 13.0. The van der Waals surface area contributed by atoms with Gasteiger partial charge in [0.25, 0.3) is 0 Å². The largest absolute Gasteiger partial charge is 0.396 e. The lowest BCUT2D eigenvalue weighted by molar-refractivity contribution is 0.258. The Bertz CT molecular complexity index is 443. The number of nitrogens with zero attached hydrogens (tertiary/aromatic N) is 4. The molecule has 0 unspecified atom stereocenters. The van der Waals surface area contributed by atoms with Crippen LogP contribution in [0.5, 0.6) is 0 Å². The number of anilines is 2. The maximum Gasteiger partial charge on any atom is 0.151 e. The fraction of sp³-hybridized carbons (Fsp3) is 0.538. The van der Waals surface area contributed by atoms with E-state index in [2.05, 4.69) is 27.8 Å². The van der Waals surface area contributed by atoms with Crippen molar-refractivity contribution in [2.45, 2.75) is 13.3 Å². The van der Waals surface area contributed by atoms with E-state index in [9.17, 15) is 0 Å². The van der Waals surface area contributed by atoms with E-state index in [1.54, 1.807) is 12.3 Å². The highest BCUT2D eigenvalue weighted by atomic mass is 15.3. The quantitative estimate of drug-likeness (QED) is 0.862. The fourth-order valence-electron chi connectivity index (χ4n) is 2.30. The summed E-state index contributed by atoms with van der Waals surface area (Å²) in [6.07, 6.45) is 2.78. The van der Waals surface area contributed by atoms with Crippen LogP contribution in [0.15, 0.2) is 12.3 Å². The standard InChI is InChI=1S/C13H19N5/c1-2-3-17-4-6-18(7-5-17)13-12(15)8-11(9-14)10-16-13/h8,10H,2-7,15H2,1H3. The van der Waals surface area contributed by atoms with Gasteiger partial charge in [0.05, 0.1) is 11.3 Å². The highest BCUT2D eigenvalue weighted by Crippen LogP contribution is 2.22. The molecular formula is C13H19N5. The van der Waals surface area contributed by atoms with Gasteiger partial charge in [-0.15, -0.1) is 0 Å². The van der Waals surface area contributed by atoms with Gasteiger partial charge < -0.3 is 10.6 Å². The Labute approximate surface area is 108 Å². The summed E-state index contributed by atoms with van der Waals surface area (Å²) in [5.74, 6) is 0.810. The molecule has 1 aliphatic heterocycles. The molecule has 96 valence electrons. The van der Waals surface area contributed by atoms with Crippen molar-refractivity contribution in [2.24, 2.45) is 0 Å². The van der Waals surface area contributed by atoms with Crippen LogP contribution in [0, 0.1) is 11.3 Å². The van der Waals surface area contributed by atoms with Crippen molar-refractivity contribution in [2.75, 3.05) is 43.4 Å². The summed E-state index contributed by atoms with van der Waals surface area (Å²) in [6, 6.07) is 3.75. The third kappa shape index (κ3) is 2.71. The predicted octanol–water partition coefficient (Wildman–Crippen LogP) is 1.07. The molecule has 0 radical (unpaired) electrons. The number of nitrogen functional groups attached to an aromatic ring is 1. The van der Waals surface area contributed by atoms with Crippen molar-refractivity contribution >= 4 is 11.5 Å². The maximum atomic E-state index is 8.79. The Morgan fingerprint density at radius 2 is 2.11 bits per heavy atom. The monoisotopic (exact) mass is 245 g/mol. The molecule has 1 fully saturated rings. The summed E-state index contributed by atoms with van der Waals surface area (Å²) in [5.41, 5.74) is 7.06. The topological polar surface area (TPSA) is 69.2 Å². The summed E-state index contributed by atoms with van der Waals surface area (Å²) < 4.78 is 0. The predicted molar refractivity (Wildman–Crippen MR) is 72.3 cm³/mol. The van der Waals surface area contributed by atoms with Gasteiger partial charge in [0, 0.05) is 32.4 Å². The molecular weight excluding hydrogens is 226 g/mol. The molecule has 0 spiro atoms. The molecule has 0 saturated carbocycles. The van der Waals surface area contributed by atoms with Crippen molar-refractivity contribution in [3.8, 4) is 6.07 Å². The van der Waals surface area contributed by atoms with Crippen LogP contribution in [-0.4, -0.2) is 42.6 Å². The van der Waals surface area contributed by atoms with Crippen LogP contribution >= 0.6 is 0 Å². The lowest BCUT2D eigenvalue weighted by Crippen LogP contribution is -2.47. The molecule has 0 atom stereocenters. The number of rotatable bonds is 3. The van der Waals surface area contributed by atoms with E-state index in [0.717, 1.165) is 38.5 Å². The molecule has 0 aromatic carbocycles. The molecule has 5 nitrogen and oxygen atoms in total. The first-order chi connectivity index (χ1) is 8.74. The molecule has 1 aromatic heterocycles. The highest BCUT2D eigenvalue weighted by Gasteiger charge is 2.19. The van der Waals surface area contributed by atoms with Gasteiger partial charge in [-0.1, -0.05) is 6.92 Å². The van der Waals surface area contributed by atoms with Gasteiger partial charge in [0.2, 0.25) is 0 Å². The molecule has 5 heteroatoms. The fourth-order valence-corrected chi connectivity index (χ4v) is 2.30. The van der Waals surface area contributed by atoms with Gasteiger partial charge in [-0.25, -0.2) is 4.98 Å². The summed E-state index contributed by atoms with van der Waals surface area (Å²) in [5, 5.41) is 8.79. The minimum atomic E-state index is 0.515. The molecule has 1 saturated heterocycles. The maximum absolute atomic E-state index is 8.79. The number of hydrogen-bond donors (Lipinski definition) is 1. The lowest BCUT2D eigenvalue weighted by atomic mass is 10.2. The van der Waals surface area contributed by atoms with Crippen LogP contribution in [-0.2, 0) is 0 Å². The van der Waals surface area contributed by atoms with Crippen molar-refractivity contribution in [3.05, 3.63) is 17.8 Å². The van der Waals surface area contributed by atoms with Crippen LogP contribution < -0.4 is 10.6 Å². The Morgan fingerprint density at radius 1 is 1.39 bits per heavy atom. The van der Waals surface area contributed by atoms with Gasteiger partial charge in [-0.05, 0) is 19.0 Å². The summed E-state index contributed by atoms with van der Waals surface area (Å²) in [4.78, 5) is 8.96. The van der Waals surface area contributed by atoms with E-state index < -0.39 is 0 Å². The van der Waals surface area contributed by atoms with E-state index in [4.69, 9.17) is 11.0 Å². The second-order valence-corrected chi connectivity index (χ2v) is 4.58. The number of aromatic nitrogens is 1. The minimum absolute atomic E-state index is 0.515. The highest BCUT2D eigenvalue weighted by molar-refractivity contribution is 5.64. The average molecular weight is 245 g/mol. The van der Waals surface area contributed by atoms with Crippen molar-refractivity contribution in [1.82, 2.24) is 9.88 Å². The van der Waals surface area contributed by atoms with E-state index in [1.807, 2.05) is 0 Å².